The van der Waals surface area contributed by atoms with Gasteiger partial charge in [-0.15, -0.1) is 0 Å². The summed E-state index contributed by atoms with van der Waals surface area (Å²) in [5.74, 6) is -0.492. The standard InChI is InChI=1S/C23H23N3O2/c1-16-7-10-21(17(2)13-16)25-22(27)11-12-23(28)26-24-15-18-8-9-19-5-3-4-6-20(19)14-18/h3-10,13-15H,11-12H2,1-2H3,(H,25,27)(H,26,28)/b24-15-. The number of hydrogen-bond acceptors (Lipinski definition) is 3. The first-order valence-corrected chi connectivity index (χ1v) is 9.19. The van der Waals surface area contributed by atoms with Gasteiger partial charge in [0.05, 0.1) is 6.21 Å². The fraction of sp³-hybridized carbons (Fsp3) is 0.174. The molecule has 0 atom stereocenters. The van der Waals surface area contributed by atoms with Gasteiger partial charge >= 0.3 is 0 Å². The van der Waals surface area contributed by atoms with Crippen LogP contribution >= 0.6 is 0 Å². The molecule has 3 aromatic carbocycles. The Hall–Kier alpha value is -3.47. The second-order valence-corrected chi connectivity index (χ2v) is 6.77. The Morgan fingerprint density at radius 3 is 2.43 bits per heavy atom. The molecule has 0 saturated heterocycles. The van der Waals surface area contributed by atoms with Crippen LogP contribution in [0.4, 0.5) is 5.69 Å². The van der Waals surface area contributed by atoms with Crippen LogP contribution in [0, 0.1) is 13.8 Å². The first kappa shape index (κ1) is 19.3. The molecule has 0 bridgehead atoms. The van der Waals surface area contributed by atoms with E-state index >= 15 is 0 Å². The summed E-state index contributed by atoms with van der Waals surface area (Å²) >= 11 is 0. The third kappa shape index (κ3) is 5.27. The van der Waals surface area contributed by atoms with Crippen molar-refractivity contribution in [2.24, 2.45) is 5.10 Å². The molecule has 28 heavy (non-hydrogen) atoms. The first-order valence-electron chi connectivity index (χ1n) is 9.19. The van der Waals surface area contributed by atoms with E-state index in [2.05, 4.69) is 15.8 Å². The Labute approximate surface area is 164 Å². The average Bonchev–Trinajstić information content (AvgIpc) is 2.68. The molecule has 5 heteroatoms. The van der Waals surface area contributed by atoms with E-state index in [0.717, 1.165) is 33.2 Å². The molecular formula is C23H23N3O2. The first-order chi connectivity index (χ1) is 13.5. The van der Waals surface area contributed by atoms with Crippen molar-refractivity contribution >= 4 is 34.5 Å². The van der Waals surface area contributed by atoms with E-state index < -0.39 is 0 Å². The van der Waals surface area contributed by atoms with Crippen molar-refractivity contribution in [1.29, 1.82) is 0 Å². The Morgan fingerprint density at radius 1 is 0.893 bits per heavy atom. The quantitative estimate of drug-likeness (QED) is 0.499. The second kappa shape index (κ2) is 8.95. The van der Waals surface area contributed by atoms with Crippen molar-refractivity contribution in [2.75, 3.05) is 5.32 Å². The predicted molar refractivity (Wildman–Crippen MR) is 113 cm³/mol. The van der Waals surface area contributed by atoms with E-state index in [1.807, 2.05) is 74.5 Å². The Balaban J connectivity index is 1.47. The lowest BCUT2D eigenvalue weighted by Crippen LogP contribution is -2.20. The summed E-state index contributed by atoms with van der Waals surface area (Å²) in [6, 6.07) is 19.8. The number of amides is 2. The highest BCUT2D eigenvalue weighted by molar-refractivity contribution is 5.94. The van der Waals surface area contributed by atoms with Crippen LogP contribution in [-0.2, 0) is 9.59 Å². The number of anilines is 1. The van der Waals surface area contributed by atoms with Crippen LogP contribution in [0.1, 0.15) is 29.5 Å². The molecule has 0 radical (unpaired) electrons. The van der Waals surface area contributed by atoms with E-state index in [9.17, 15) is 9.59 Å². The summed E-state index contributed by atoms with van der Waals surface area (Å²) in [7, 11) is 0. The van der Waals surface area contributed by atoms with Gasteiger partial charge in [-0.2, -0.15) is 5.10 Å². The molecule has 0 heterocycles. The van der Waals surface area contributed by atoms with Crippen molar-refractivity contribution in [1.82, 2.24) is 5.43 Å². The van der Waals surface area contributed by atoms with Crippen LogP contribution in [-0.4, -0.2) is 18.0 Å². The molecule has 0 aliphatic carbocycles. The lowest BCUT2D eigenvalue weighted by Gasteiger charge is -2.08. The van der Waals surface area contributed by atoms with Gasteiger partial charge in [-0.25, -0.2) is 5.43 Å². The van der Waals surface area contributed by atoms with E-state index in [1.54, 1.807) is 6.21 Å². The highest BCUT2D eigenvalue weighted by Gasteiger charge is 2.08. The van der Waals surface area contributed by atoms with Crippen LogP contribution in [0.2, 0.25) is 0 Å². The lowest BCUT2D eigenvalue weighted by atomic mass is 10.1. The van der Waals surface area contributed by atoms with Gasteiger partial charge in [0.2, 0.25) is 11.8 Å². The van der Waals surface area contributed by atoms with Crippen molar-refractivity contribution in [2.45, 2.75) is 26.7 Å². The van der Waals surface area contributed by atoms with Crippen LogP contribution < -0.4 is 10.7 Å². The molecule has 0 aliphatic rings. The molecular weight excluding hydrogens is 350 g/mol. The van der Waals surface area contributed by atoms with Gasteiger partial charge in [0.15, 0.2) is 0 Å². The third-order valence-electron chi connectivity index (χ3n) is 4.41. The summed E-state index contributed by atoms with van der Waals surface area (Å²) in [4.78, 5) is 24.0. The number of carbonyl (C=O) groups is 2. The molecule has 2 N–H and O–H groups in total. The van der Waals surface area contributed by atoms with Crippen LogP contribution in [0.3, 0.4) is 0 Å². The van der Waals surface area contributed by atoms with E-state index in [1.165, 1.54) is 0 Å². The number of rotatable bonds is 6. The number of hydrogen-bond donors (Lipinski definition) is 2. The number of hydrazone groups is 1. The summed E-state index contributed by atoms with van der Waals surface area (Å²) in [5.41, 5.74) is 6.27. The third-order valence-corrected chi connectivity index (χ3v) is 4.41. The number of fused-ring (bicyclic) bond motifs is 1. The minimum absolute atomic E-state index is 0.0752. The minimum Gasteiger partial charge on any atom is -0.326 e. The van der Waals surface area contributed by atoms with Gasteiger partial charge in [0, 0.05) is 18.5 Å². The molecule has 0 unspecified atom stereocenters. The topological polar surface area (TPSA) is 70.6 Å². The zero-order chi connectivity index (χ0) is 19.9. The maximum atomic E-state index is 12.0. The number of carbonyl (C=O) groups excluding carboxylic acids is 2. The van der Waals surface area contributed by atoms with Gasteiger partial charge in [-0.1, -0.05) is 54.1 Å². The van der Waals surface area contributed by atoms with Crippen molar-refractivity contribution in [3.8, 4) is 0 Å². The predicted octanol–water partition coefficient (Wildman–Crippen LogP) is 4.33. The minimum atomic E-state index is -0.298. The number of nitrogens with one attached hydrogen (secondary N) is 2. The zero-order valence-electron chi connectivity index (χ0n) is 16.0. The Kier molecular flexibility index (Phi) is 6.17. The number of aryl methyl sites for hydroxylation is 2. The zero-order valence-corrected chi connectivity index (χ0v) is 16.0. The lowest BCUT2D eigenvalue weighted by molar-refractivity contribution is -0.124. The molecule has 0 aliphatic heterocycles. The van der Waals surface area contributed by atoms with E-state index in [-0.39, 0.29) is 24.7 Å². The van der Waals surface area contributed by atoms with Gasteiger partial charge in [0.25, 0.3) is 0 Å². The number of nitrogens with zero attached hydrogens (tertiary/aromatic N) is 1. The van der Waals surface area contributed by atoms with Crippen molar-refractivity contribution < 1.29 is 9.59 Å². The highest BCUT2D eigenvalue weighted by Crippen LogP contribution is 2.16. The van der Waals surface area contributed by atoms with E-state index in [4.69, 9.17) is 0 Å². The average molecular weight is 373 g/mol. The summed E-state index contributed by atoms with van der Waals surface area (Å²) < 4.78 is 0. The molecule has 0 aromatic heterocycles. The molecule has 0 fully saturated rings. The maximum absolute atomic E-state index is 12.0. The second-order valence-electron chi connectivity index (χ2n) is 6.77. The Morgan fingerprint density at radius 2 is 1.64 bits per heavy atom. The van der Waals surface area contributed by atoms with Crippen LogP contribution in [0.5, 0.6) is 0 Å². The van der Waals surface area contributed by atoms with Gasteiger partial charge in [0.1, 0.15) is 0 Å². The molecule has 2 amide bonds. The summed E-state index contributed by atoms with van der Waals surface area (Å²) in [5, 5.41) is 9.08. The van der Waals surface area contributed by atoms with Crippen LogP contribution in [0.15, 0.2) is 65.8 Å². The highest BCUT2D eigenvalue weighted by atomic mass is 16.2. The Bertz CT molecular complexity index is 1040. The number of benzene rings is 3. The van der Waals surface area contributed by atoms with Crippen LogP contribution in [0.25, 0.3) is 10.8 Å². The monoisotopic (exact) mass is 373 g/mol. The fourth-order valence-corrected chi connectivity index (χ4v) is 2.92. The fourth-order valence-electron chi connectivity index (χ4n) is 2.92. The largest absolute Gasteiger partial charge is 0.326 e. The van der Waals surface area contributed by atoms with Gasteiger partial charge in [-0.3, -0.25) is 9.59 Å². The van der Waals surface area contributed by atoms with Gasteiger partial charge in [-0.05, 0) is 47.9 Å². The van der Waals surface area contributed by atoms with Crippen molar-refractivity contribution in [3.63, 3.8) is 0 Å². The smallest absolute Gasteiger partial charge is 0.240 e. The molecule has 142 valence electrons. The normalized spacial score (nSPS) is 10.9. The van der Waals surface area contributed by atoms with Crippen molar-refractivity contribution in [3.05, 3.63) is 77.4 Å². The van der Waals surface area contributed by atoms with Gasteiger partial charge < -0.3 is 5.32 Å². The molecule has 0 saturated carbocycles. The molecule has 0 spiro atoms. The maximum Gasteiger partial charge on any atom is 0.240 e. The summed E-state index contributed by atoms with van der Waals surface area (Å²) in [6.07, 6.45) is 1.77. The molecule has 5 nitrogen and oxygen atoms in total. The molecule has 3 rings (SSSR count). The SMILES string of the molecule is Cc1ccc(NC(=O)CCC(=O)N/N=C\c2ccc3ccccc3c2)c(C)c1. The van der Waals surface area contributed by atoms with E-state index in [0.29, 0.717) is 0 Å². The summed E-state index contributed by atoms with van der Waals surface area (Å²) in [6.45, 7) is 3.94. The molecule has 3 aromatic rings.